The van der Waals surface area contributed by atoms with Crippen LogP contribution in [0.25, 0.3) is 0 Å². The number of morpholine rings is 1. The largest absolute Gasteiger partial charge is 0.465 e. The van der Waals surface area contributed by atoms with Crippen molar-refractivity contribution in [2.75, 3.05) is 19.7 Å². The molecule has 2 heterocycles. The number of hydrogen-bond donors (Lipinski definition) is 1. The van der Waals surface area contributed by atoms with E-state index in [1.165, 1.54) is 31.2 Å². The minimum absolute atomic E-state index is 0.459. The zero-order valence-electron chi connectivity index (χ0n) is 13.4. The van der Waals surface area contributed by atoms with Crippen molar-refractivity contribution in [1.29, 1.82) is 0 Å². The number of ether oxygens (including phenoxy) is 1. The van der Waals surface area contributed by atoms with E-state index in [-0.39, 0.29) is 0 Å². The number of hydrogen-bond acceptors (Lipinski definition) is 4. The van der Waals surface area contributed by atoms with Crippen molar-refractivity contribution in [3.8, 4) is 0 Å². The van der Waals surface area contributed by atoms with Gasteiger partial charge in [-0.25, -0.2) is 0 Å². The fraction of sp³-hybridized carbons (Fsp3) is 0.765. The highest BCUT2D eigenvalue weighted by atomic mass is 16.5. The maximum Gasteiger partial charge on any atom is 0.118 e. The summed E-state index contributed by atoms with van der Waals surface area (Å²) in [5.74, 6) is 2.16. The van der Waals surface area contributed by atoms with Crippen molar-refractivity contribution >= 4 is 0 Å². The zero-order chi connectivity index (χ0) is 14.7. The molecule has 1 aromatic rings. The third-order valence-corrected chi connectivity index (χ3v) is 4.77. The van der Waals surface area contributed by atoms with Crippen LogP contribution in [-0.2, 0) is 17.8 Å². The summed E-state index contributed by atoms with van der Waals surface area (Å²) < 4.78 is 11.9. The Balaban J connectivity index is 1.60. The summed E-state index contributed by atoms with van der Waals surface area (Å²) in [5.41, 5.74) is 1.30. The molecule has 0 radical (unpaired) electrons. The molecule has 0 aromatic carbocycles. The molecule has 2 fully saturated rings. The normalized spacial score (nSPS) is 26.2. The number of nitrogens with zero attached hydrogens (tertiary/aromatic N) is 1. The van der Waals surface area contributed by atoms with E-state index < -0.39 is 0 Å². The van der Waals surface area contributed by atoms with E-state index in [0.717, 1.165) is 44.3 Å². The molecule has 1 N–H and O–H groups in total. The molecule has 0 amide bonds. The van der Waals surface area contributed by atoms with Crippen LogP contribution in [0.4, 0.5) is 0 Å². The van der Waals surface area contributed by atoms with E-state index in [1.807, 2.05) is 0 Å². The quantitative estimate of drug-likeness (QED) is 0.818. The zero-order valence-corrected chi connectivity index (χ0v) is 13.4. The molecule has 0 spiro atoms. The lowest BCUT2D eigenvalue weighted by Gasteiger charge is -2.37. The van der Waals surface area contributed by atoms with Gasteiger partial charge in [-0.05, 0) is 45.2 Å². The number of rotatable bonds is 6. The maximum atomic E-state index is 5.97. The standard InChI is InChI=1S/C17H28N2O2/c1-3-7-18-11-14-10-15(21-13(14)2)12-19-8-9-20-17-6-4-5-16(17)19/h10,16-18H,3-9,11-12H2,1-2H3. The monoisotopic (exact) mass is 292 g/mol. The third-order valence-electron chi connectivity index (χ3n) is 4.77. The molecule has 1 aliphatic heterocycles. The summed E-state index contributed by atoms with van der Waals surface area (Å²) in [6.45, 7) is 9.07. The van der Waals surface area contributed by atoms with Crippen LogP contribution in [0.15, 0.2) is 10.5 Å². The van der Waals surface area contributed by atoms with Crippen LogP contribution in [0.2, 0.25) is 0 Å². The molecule has 0 bridgehead atoms. The Hall–Kier alpha value is -0.840. The van der Waals surface area contributed by atoms with Gasteiger partial charge in [0.2, 0.25) is 0 Å². The summed E-state index contributed by atoms with van der Waals surface area (Å²) in [6.07, 6.45) is 5.43. The van der Waals surface area contributed by atoms with Crippen molar-refractivity contribution in [1.82, 2.24) is 10.2 Å². The van der Waals surface area contributed by atoms with Crippen LogP contribution in [-0.4, -0.2) is 36.7 Å². The maximum absolute atomic E-state index is 5.97. The SMILES string of the molecule is CCCNCc1cc(CN2CCOC3CCCC32)oc1C. The first kappa shape index (κ1) is 15.1. The number of aryl methyl sites for hydroxylation is 1. The Bertz CT molecular complexity index is 458. The molecule has 2 unspecified atom stereocenters. The van der Waals surface area contributed by atoms with Crippen molar-refractivity contribution in [2.24, 2.45) is 0 Å². The van der Waals surface area contributed by atoms with Gasteiger partial charge in [0.05, 0.1) is 19.3 Å². The van der Waals surface area contributed by atoms with E-state index >= 15 is 0 Å². The number of furan rings is 1. The molecule has 1 saturated carbocycles. The Morgan fingerprint density at radius 2 is 2.29 bits per heavy atom. The predicted octanol–water partition coefficient (Wildman–Crippen LogP) is 2.84. The summed E-state index contributed by atoms with van der Waals surface area (Å²) in [4.78, 5) is 2.56. The van der Waals surface area contributed by atoms with Crippen LogP contribution >= 0.6 is 0 Å². The highest BCUT2D eigenvalue weighted by Crippen LogP contribution is 2.31. The van der Waals surface area contributed by atoms with Crippen molar-refractivity contribution < 1.29 is 9.15 Å². The lowest BCUT2D eigenvalue weighted by atomic mass is 10.1. The summed E-state index contributed by atoms with van der Waals surface area (Å²) >= 11 is 0. The first-order valence-corrected chi connectivity index (χ1v) is 8.42. The Kier molecular flexibility index (Phi) is 4.99. The van der Waals surface area contributed by atoms with Crippen LogP contribution in [0.1, 0.15) is 49.7 Å². The molecule has 1 aliphatic carbocycles. The predicted molar refractivity (Wildman–Crippen MR) is 83.2 cm³/mol. The van der Waals surface area contributed by atoms with E-state index in [9.17, 15) is 0 Å². The van der Waals surface area contributed by atoms with Gasteiger partial charge in [0.1, 0.15) is 11.5 Å². The molecule has 118 valence electrons. The highest BCUT2D eigenvalue weighted by molar-refractivity contribution is 5.20. The topological polar surface area (TPSA) is 37.6 Å². The Morgan fingerprint density at radius 3 is 3.14 bits per heavy atom. The average Bonchev–Trinajstić information content (AvgIpc) is 3.07. The van der Waals surface area contributed by atoms with Gasteiger partial charge >= 0.3 is 0 Å². The van der Waals surface area contributed by atoms with Gasteiger partial charge in [0.25, 0.3) is 0 Å². The second-order valence-corrected chi connectivity index (χ2v) is 6.35. The van der Waals surface area contributed by atoms with E-state index in [4.69, 9.17) is 9.15 Å². The molecular weight excluding hydrogens is 264 g/mol. The van der Waals surface area contributed by atoms with Crippen molar-refractivity contribution in [3.05, 3.63) is 23.2 Å². The molecule has 3 rings (SSSR count). The molecular formula is C17H28N2O2. The van der Waals surface area contributed by atoms with Crippen LogP contribution in [0.5, 0.6) is 0 Å². The summed E-state index contributed by atoms with van der Waals surface area (Å²) in [5, 5.41) is 3.45. The van der Waals surface area contributed by atoms with Crippen LogP contribution in [0.3, 0.4) is 0 Å². The second kappa shape index (κ2) is 6.95. The molecule has 4 heteroatoms. The van der Waals surface area contributed by atoms with E-state index in [1.54, 1.807) is 0 Å². The molecule has 4 nitrogen and oxygen atoms in total. The van der Waals surface area contributed by atoms with Gasteiger partial charge in [-0.2, -0.15) is 0 Å². The molecule has 2 aliphatic rings. The molecule has 1 aromatic heterocycles. The third kappa shape index (κ3) is 3.50. The van der Waals surface area contributed by atoms with Crippen molar-refractivity contribution in [3.63, 3.8) is 0 Å². The second-order valence-electron chi connectivity index (χ2n) is 6.35. The Labute approximate surface area is 127 Å². The lowest BCUT2D eigenvalue weighted by Crippen LogP contribution is -2.47. The first-order chi connectivity index (χ1) is 10.3. The van der Waals surface area contributed by atoms with Crippen molar-refractivity contribution in [2.45, 2.75) is 64.8 Å². The van der Waals surface area contributed by atoms with Gasteiger partial charge in [0, 0.05) is 24.7 Å². The van der Waals surface area contributed by atoms with Gasteiger partial charge in [-0.3, -0.25) is 4.90 Å². The number of nitrogens with one attached hydrogen (secondary N) is 1. The van der Waals surface area contributed by atoms with E-state index in [0.29, 0.717) is 12.1 Å². The average molecular weight is 292 g/mol. The minimum Gasteiger partial charge on any atom is -0.465 e. The Morgan fingerprint density at radius 1 is 1.38 bits per heavy atom. The molecule has 1 saturated heterocycles. The molecule has 2 atom stereocenters. The van der Waals surface area contributed by atoms with Gasteiger partial charge in [-0.15, -0.1) is 0 Å². The van der Waals surface area contributed by atoms with E-state index in [2.05, 4.69) is 30.1 Å². The van der Waals surface area contributed by atoms with Gasteiger partial charge in [0.15, 0.2) is 0 Å². The summed E-state index contributed by atoms with van der Waals surface area (Å²) in [6, 6.07) is 2.84. The fourth-order valence-electron chi connectivity index (χ4n) is 3.64. The van der Waals surface area contributed by atoms with Crippen LogP contribution in [0, 0.1) is 6.92 Å². The van der Waals surface area contributed by atoms with Gasteiger partial charge < -0.3 is 14.5 Å². The fourth-order valence-corrected chi connectivity index (χ4v) is 3.64. The van der Waals surface area contributed by atoms with Gasteiger partial charge in [-0.1, -0.05) is 6.92 Å². The lowest BCUT2D eigenvalue weighted by molar-refractivity contribution is -0.0606. The first-order valence-electron chi connectivity index (χ1n) is 8.42. The smallest absolute Gasteiger partial charge is 0.118 e. The molecule has 21 heavy (non-hydrogen) atoms. The summed E-state index contributed by atoms with van der Waals surface area (Å²) in [7, 11) is 0. The highest BCUT2D eigenvalue weighted by Gasteiger charge is 2.36. The van der Waals surface area contributed by atoms with Crippen LogP contribution < -0.4 is 5.32 Å². The number of fused-ring (bicyclic) bond motifs is 1. The minimum atomic E-state index is 0.459.